The second-order valence-corrected chi connectivity index (χ2v) is 7.75. The van der Waals surface area contributed by atoms with Crippen LogP contribution in [0.3, 0.4) is 0 Å². The van der Waals surface area contributed by atoms with E-state index in [1.54, 1.807) is 0 Å². The number of hydrogen-bond acceptors (Lipinski definition) is 1. The molecule has 0 spiro atoms. The summed E-state index contributed by atoms with van der Waals surface area (Å²) in [5.41, 5.74) is 0. The SMILES string of the molecule is CC[N+]12CC[N+](CCCSc3ccccc3)(CC1)CC2. The summed E-state index contributed by atoms with van der Waals surface area (Å²) in [5.74, 6) is 1.28. The zero-order valence-corrected chi connectivity index (χ0v) is 13.6. The van der Waals surface area contributed by atoms with Crippen molar-refractivity contribution in [1.29, 1.82) is 0 Å². The normalized spacial score (nSPS) is 32.5. The van der Waals surface area contributed by atoms with E-state index in [4.69, 9.17) is 0 Å². The minimum atomic E-state index is 1.28. The van der Waals surface area contributed by atoms with Crippen LogP contribution in [-0.2, 0) is 0 Å². The Morgan fingerprint density at radius 2 is 1.50 bits per heavy atom. The van der Waals surface area contributed by atoms with Crippen LogP contribution in [0.1, 0.15) is 13.3 Å². The van der Waals surface area contributed by atoms with Gasteiger partial charge < -0.3 is 8.97 Å². The van der Waals surface area contributed by atoms with Gasteiger partial charge in [-0.2, -0.15) is 0 Å². The third-order valence-corrected chi connectivity index (χ3v) is 6.70. The molecule has 3 aliphatic rings. The summed E-state index contributed by atoms with van der Waals surface area (Å²) in [5, 5.41) is 0. The molecule has 3 heterocycles. The second kappa shape index (κ2) is 6.08. The molecule has 110 valence electrons. The number of benzene rings is 1. The maximum Gasteiger partial charge on any atom is 0.129 e. The molecule has 0 amide bonds. The lowest BCUT2D eigenvalue weighted by atomic mass is 10.1. The lowest BCUT2D eigenvalue weighted by Gasteiger charge is -2.55. The third kappa shape index (κ3) is 3.05. The summed E-state index contributed by atoms with van der Waals surface area (Å²) in [6.45, 7) is 13.7. The van der Waals surface area contributed by atoms with E-state index >= 15 is 0 Å². The fraction of sp³-hybridized carbons (Fsp3) is 0.647. The van der Waals surface area contributed by atoms with Crippen molar-refractivity contribution in [3.8, 4) is 0 Å². The van der Waals surface area contributed by atoms with Crippen molar-refractivity contribution in [3.05, 3.63) is 30.3 Å². The van der Waals surface area contributed by atoms with Crippen LogP contribution >= 0.6 is 11.8 Å². The number of hydrogen-bond donors (Lipinski definition) is 0. The van der Waals surface area contributed by atoms with Crippen molar-refractivity contribution in [2.24, 2.45) is 0 Å². The first-order chi connectivity index (χ1) is 9.76. The van der Waals surface area contributed by atoms with E-state index in [0.29, 0.717) is 0 Å². The molecule has 0 unspecified atom stereocenters. The fourth-order valence-electron chi connectivity index (χ4n) is 3.86. The van der Waals surface area contributed by atoms with E-state index in [1.807, 2.05) is 11.8 Å². The smallest absolute Gasteiger partial charge is 0.129 e. The quantitative estimate of drug-likeness (QED) is 0.441. The Bertz CT molecular complexity index is 407. The monoisotopic (exact) mass is 292 g/mol. The van der Waals surface area contributed by atoms with Crippen LogP contribution in [0.4, 0.5) is 0 Å². The van der Waals surface area contributed by atoms with Crippen molar-refractivity contribution < 1.29 is 8.97 Å². The summed E-state index contributed by atoms with van der Waals surface area (Å²) in [6.07, 6.45) is 1.37. The van der Waals surface area contributed by atoms with Gasteiger partial charge in [0.15, 0.2) is 0 Å². The lowest BCUT2D eigenvalue weighted by molar-refractivity contribution is -1.08. The van der Waals surface area contributed by atoms with Gasteiger partial charge in [0.05, 0.1) is 13.1 Å². The molecular formula is C17H28N2S+2. The largest absolute Gasteiger partial charge is 0.310 e. The average molecular weight is 292 g/mol. The number of rotatable bonds is 6. The van der Waals surface area contributed by atoms with E-state index in [-0.39, 0.29) is 0 Å². The van der Waals surface area contributed by atoms with Gasteiger partial charge in [0.25, 0.3) is 0 Å². The van der Waals surface area contributed by atoms with Gasteiger partial charge >= 0.3 is 0 Å². The molecule has 2 nitrogen and oxygen atoms in total. The zero-order chi connectivity index (χ0) is 13.9. The molecule has 3 fully saturated rings. The summed E-state index contributed by atoms with van der Waals surface area (Å²) in [6, 6.07) is 10.8. The highest BCUT2D eigenvalue weighted by Crippen LogP contribution is 2.27. The molecule has 0 aliphatic carbocycles. The number of nitrogens with zero attached hydrogens (tertiary/aromatic N) is 2. The minimum Gasteiger partial charge on any atom is -0.310 e. The van der Waals surface area contributed by atoms with E-state index in [1.165, 1.54) is 78.4 Å². The highest BCUT2D eigenvalue weighted by molar-refractivity contribution is 7.99. The van der Waals surface area contributed by atoms with Gasteiger partial charge in [-0.3, -0.25) is 0 Å². The Morgan fingerprint density at radius 3 is 2.10 bits per heavy atom. The zero-order valence-electron chi connectivity index (χ0n) is 12.8. The minimum absolute atomic E-state index is 1.28. The molecule has 20 heavy (non-hydrogen) atoms. The Labute approximate surface area is 127 Å². The standard InChI is InChI=1S/C17H28N2S/c1-2-18-10-13-19(14-11-18,15-12-18)9-6-16-20-17-7-4-3-5-8-17/h3-5,7-8H,2,6,9-16H2,1H3/q+2. The van der Waals surface area contributed by atoms with E-state index in [0.717, 1.165) is 0 Å². The van der Waals surface area contributed by atoms with E-state index in [2.05, 4.69) is 37.3 Å². The molecule has 3 heteroatoms. The highest BCUT2D eigenvalue weighted by Gasteiger charge is 2.47. The summed E-state index contributed by atoms with van der Waals surface area (Å²) < 4.78 is 2.84. The Morgan fingerprint density at radius 1 is 0.900 bits per heavy atom. The van der Waals surface area contributed by atoms with Crippen LogP contribution in [-0.4, -0.2) is 67.1 Å². The molecule has 1 aromatic rings. The van der Waals surface area contributed by atoms with Crippen LogP contribution in [0.25, 0.3) is 0 Å². The summed E-state index contributed by atoms with van der Waals surface area (Å²) >= 11 is 2.02. The molecule has 0 saturated carbocycles. The average Bonchev–Trinajstić information content (AvgIpc) is 2.54. The van der Waals surface area contributed by atoms with Crippen molar-refractivity contribution in [3.63, 3.8) is 0 Å². The molecular weight excluding hydrogens is 264 g/mol. The summed E-state index contributed by atoms with van der Waals surface area (Å²) in [7, 11) is 0. The first-order valence-electron chi connectivity index (χ1n) is 8.14. The highest BCUT2D eigenvalue weighted by atomic mass is 32.2. The third-order valence-electron chi connectivity index (χ3n) is 5.61. The Hall–Kier alpha value is -0.510. The second-order valence-electron chi connectivity index (χ2n) is 6.58. The molecule has 3 saturated heterocycles. The molecule has 0 N–H and O–H groups in total. The van der Waals surface area contributed by atoms with Crippen molar-refractivity contribution >= 4 is 11.8 Å². The number of thioether (sulfide) groups is 1. The van der Waals surface area contributed by atoms with E-state index in [9.17, 15) is 0 Å². The van der Waals surface area contributed by atoms with Gasteiger partial charge in [-0.05, 0) is 19.1 Å². The van der Waals surface area contributed by atoms with E-state index < -0.39 is 0 Å². The van der Waals surface area contributed by atoms with Crippen molar-refractivity contribution in [1.82, 2.24) is 0 Å². The number of likely N-dealkylation sites (N-methyl/N-ethyl adjacent to an activating group) is 1. The fourth-order valence-corrected chi connectivity index (χ4v) is 4.72. The number of fused-ring (bicyclic) bond motifs is 3. The van der Waals surface area contributed by atoms with Gasteiger partial charge in [0.1, 0.15) is 39.3 Å². The maximum atomic E-state index is 2.38. The first-order valence-corrected chi connectivity index (χ1v) is 9.13. The molecule has 2 bridgehead atoms. The maximum absolute atomic E-state index is 2.38. The van der Waals surface area contributed by atoms with Gasteiger partial charge in [0.2, 0.25) is 0 Å². The molecule has 0 aromatic heterocycles. The molecule has 1 aromatic carbocycles. The topological polar surface area (TPSA) is 0 Å². The molecule has 0 atom stereocenters. The van der Waals surface area contributed by atoms with Crippen LogP contribution in [0, 0.1) is 0 Å². The predicted octanol–water partition coefficient (Wildman–Crippen LogP) is 2.85. The molecule has 0 radical (unpaired) electrons. The van der Waals surface area contributed by atoms with Crippen LogP contribution < -0.4 is 0 Å². The van der Waals surface area contributed by atoms with Crippen LogP contribution in [0.15, 0.2) is 35.2 Å². The van der Waals surface area contributed by atoms with Crippen LogP contribution in [0.5, 0.6) is 0 Å². The predicted molar refractivity (Wildman–Crippen MR) is 86.9 cm³/mol. The number of quaternary nitrogens is 2. The van der Waals surface area contributed by atoms with Crippen molar-refractivity contribution in [2.45, 2.75) is 18.2 Å². The van der Waals surface area contributed by atoms with Gasteiger partial charge in [-0.15, -0.1) is 11.8 Å². The number of piperazine rings is 3. The van der Waals surface area contributed by atoms with Gasteiger partial charge in [-0.25, -0.2) is 0 Å². The molecule has 3 aliphatic heterocycles. The van der Waals surface area contributed by atoms with Gasteiger partial charge in [-0.1, -0.05) is 18.2 Å². The Balaban J connectivity index is 1.43. The van der Waals surface area contributed by atoms with Gasteiger partial charge in [0, 0.05) is 17.1 Å². The first kappa shape index (κ1) is 14.4. The molecule has 4 rings (SSSR count). The van der Waals surface area contributed by atoms with Crippen LogP contribution in [0.2, 0.25) is 0 Å². The van der Waals surface area contributed by atoms with Crippen molar-refractivity contribution in [2.75, 3.05) is 58.1 Å². The Kier molecular flexibility index (Phi) is 4.39. The summed E-state index contributed by atoms with van der Waals surface area (Å²) in [4.78, 5) is 1.42. The lowest BCUT2D eigenvalue weighted by Crippen LogP contribution is -2.74.